The molecule has 0 radical (unpaired) electrons. The molecule has 0 saturated carbocycles. The average Bonchev–Trinajstić information content (AvgIpc) is 2.84. The van der Waals surface area contributed by atoms with Gasteiger partial charge in [-0.05, 0) is 26.7 Å². The van der Waals surface area contributed by atoms with Gasteiger partial charge in [-0.15, -0.1) is 0 Å². The van der Waals surface area contributed by atoms with Crippen LogP contribution in [0.15, 0.2) is 4.79 Å². The Hall–Kier alpha value is -2.38. The third-order valence-electron chi connectivity index (χ3n) is 4.33. The van der Waals surface area contributed by atoms with Gasteiger partial charge in [-0.25, -0.2) is 9.89 Å². The van der Waals surface area contributed by atoms with Gasteiger partial charge in [-0.1, -0.05) is 0 Å². The van der Waals surface area contributed by atoms with Crippen LogP contribution in [-0.2, 0) is 20.0 Å². The molecule has 0 bridgehead atoms. The Morgan fingerprint density at radius 1 is 1.36 bits per heavy atom. The molecule has 118 valence electrons. The molecule has 22 heavy (non-hydrogen) atoms. The number of nitrogens with zero attached hydrogens (tertiary/aromatic N) is 4. The predicted molar refractivity (Wildman–Crippen MR) is 79.7 cm³/mol. The summed E-state index contributed by atoms with van der Waals surface area (Å²) in [6, 6.07) is 0.0348. The van der Waals surface area contributed by atoms with Crippen LogP contribution in [0.2, 0.25) is 0 Å². The van der Waals surface area contributed by atoms with E-state index in [1.54, 1.807) is 9.25 Å². The largest absolute Gasteiger partial charge is 0.349 e. The number of aryl methyl sites for hydroxylation is 3. The van der Waals surface area contributed by atoms with Gasteiger partial charge in [0.25, 0.3) is 5.91 Å². The molecular weight excluding hydrogens is 284 g/mol. The summed E-state index contributed by atoms with van der Waals surface area (Å²) in [5, 5.41) is 13.8. The molecule has 1 aliphatic rings. The first kappa shape index (κ1) is 14.6. The fourth-order valence-corrected chi connectivity index (χ4v) is 3.01. The van der Waals surface area contributed by atoms with Gasteiger partial charge in [-0.2, -0.15) is 10.2 Å². The zero-order chi connectivity index (χ0) is 15.9. The van der Waals surface area contributed by atoms with Crippen molar-refractivity contribution in [1.29, 1.82) is 0 Å². The monoisotopic (exact) mass is 304 g/mol. The molecule has 0 fully saturated rings. The highest BCUT2D eigenvalue weighted by Gasteiger charge is 2.23. The highest BCUT2D eigenvalue weighted by atomic mass is 16.2. The molecule has 8 heteroatoms. The van der Waals surface area contributed by atoms with Crippen molar-refractivity contribution in [1.82, 2.24) is 29.9 Å². The minimum Gasteiger partial charge on any atom is -0.349 e. The lowest BCUT2D eigenvalue weighted by Crippen LogP contribution is -2.36. The molecule has 0 aromatic carbocycles. The van der Waals surface area contributed by atoms with Crippen molar-refractivity contribution in [3.63, 3.8) is 0 Å². The normalized spacial score (nSPS) is 17.9. The highest BCUT2D eigenvalue weighted by Crippen LogP contribution is 2.15. The van der Waals surface area contributed by atoms with Crippen molar-refractivity contribution in [2.75, 3.05) is 0 Å². The zero-order valence-electron chi connectivity index (χ0n) is 13.0. The molecular formula is C14H20N6O2. The minimum atomic E-state index is -0.180. The van der Waals surface area contributed by atoms with E-state index < -0.39 is 0 Å². The number of fused-ring (bicyclic) bond motifs is 1. The zero-order valence-corrected chi connectivity index (χ0v) is 13.0. The molecule has 1 amide bonds. The quantitative estimate of drug-likeness (QED) is 0.819. The Balaban J connectivity index is 1.72. The van der Waals surface area contributed by atoms with Gasteiger partial charge in [0.2, 0.25) is 0 Å². The number of aromatic nitrogens is 5. The van der Waals surface area contributed by atoms with Gasteiger partial charge in [0.15, 0.2) is 0 Å². The van der Waals surface area contributed by atoms with Gasteiger partial charge in [0.1, 0.15) is 5.82 Å². The molecule has 1 atom stereocenters. The van der Waals surface area contributed by atoms with Gasteiger partial charge in [-0.3, -0.25) is 14.0 Å². The van der Waals surface area contributed by atoms with Crippen molar-refractivity contribution in [2.24, 2.45) is 7.05 Å². The number of amides is 1. The van der Waals surface area contributed by atoms with Crippen molar-refractivity contribution >= 4 is 5.91 Å². The number of H-pyrrole nitrogens is 1. The molecule has 2 aromatic heterocycles. The minimum absolute atomic E-state index is 0.0348. The third kappa shape index (κ3) is 2.44. The van der Waals surface area contributed by atoms with E-state index in [0.29, 0.717) is 18.5 Å². The fourth-order valence-electron chi connectivity index (χ4n) is 3.01. The number of hydrogen-bond acceptors (Lipinski definition) is 4. The Bertz CT molecular complexity index is 769. The molecule has 0 saturated heterocycles. The van der Waals surface area contributed by atoms with Crippen LogP contribution in [0.5, 0.6) is 0 Å². The molecule has 0 aliphatic carbocycles. The average molecular weight is 304 g/mol. The van der Waals surface area contributed by atoms with Gasteiger partial charge in [0, 0.05) is 31.7 Å². The second kappa shape index (κ2) is 5.43. The molecule has 2 N–H and O–H groups in total. The topological polar surface area (TPSA) is 97.6 Å². The molecule has 1 aliphatic heterocycles. The van der Waals surface area contributed by atoms with Crippen molar-refractivity contribution in [2.45, 2.75) is 45.7 Å². The van der Waals surface area contributed by atoms with Crippen LogP contribution >= 0.6 is 0 Å². The van der Waals surface area contributed by atoms with Crippen LogP contribution in [-0.4, -0.2) is 36.5 Å². The number of carbonyl (C=O) groups excluding carboxylic acids is 1. The maximum absolute atomic E-state index is 12.5. The Morgan fingerprint density at radius 3 is 2.82 bits per heavy atom. The van der Waals surface area contributed by atoms with Gasteiger partial charge >= 0.3 is 5.69 Å². The van der Waals surface area contributed by atoms with E-state index in [4.69, 9.17) is 0 Å². The maximum Gasteiger partial charge on any atom is 0.343 e. The number of rotatable bonds is 2. The summed E-state index contributed by atoms with van der Waals surface area (Å²) in [6.07, 6.45) is 2.17. The second-order valence-electron chi connectivity index (χ2n) is 5.76. The van der Waals surface area contributed by atoms with Crippen LogP contribution in [0.1, 0.15) is 40.4 Å². The lowest BCUT2D eigenvalue weighted by atomic mass is 10.1. The molecule has 2 aromatic rings. The molecule has 3 heterocycles. The van der Waals surface area contributed by atoms with Crippen LogP contribution in [0, 0.1) is 13.8 Å². The van der Waals surface area contributed by atoms with Crippen molar-refractivity contribution in [3.05, 3.63) is 33.3 Å². The SMILES string of the molecule is Cc1nn(C)c(C)c1C(=O)NC1CCc2n[nH]c(=O)n2CC1. The van der Waals surface area contributed by atoms with Crippen LogP contribution in [0.4, 0.5) is 0 Å². The lowest BCUT2D eigenvalue weighted by Gasteiger charge is -2.16. The maximum atomic E-state index is 12.5. The summed E-state index contributed by atoms with van der Waals surface area (Å²) in [4.78, 5) is 24.1. The molecule has 8 nitrogen and oxygen atoms in total. The summed E-state index contributed by atoms with van der Waals surface area (Å²) in [7, 11) is 1.83. The van der Waals surface area contributed by atoms with Gasteiger partial charge in [0.05, 0.1) is 11.3 Å². The van der Waals surface area contributed by atoms with Crippen LogP contribution in [0.3, 0.4) is 0 Å². The predicted octanol–water partition coefficient (Wildman–Crippen LogP) is 0.0566. The van der Waals surface area contributed by atoms with Crippen LogP contribution < -0.4 is 11.0 Å². The van der Waals surface area contributed by atoms with E-state index in [1.807, 2.05) is 20.9 Å². The summed E-state index contributed by atoms with van der Waals surface area (Å²) in [5.74, 6) is 0.664. The van der Waals surface area contributed by atoms with E-state index in [-0.39, 0.29) is 17.6 Å². The summed E-state index contributed by atoms with van der Waals surface area (Å²) in [6.45, 7) is 4.29. The first-order valence-corrected chi connectivity index (χ1v) is 7.42. The van der Waals surface area contributed by atoms with E-state index in [2.05, 4.69) is 20.6 Å². The van der Waals surface area contributed by atoms with E-state index in [1.165, 1.54) is 0 Å². The smallest absolute Gasteiger partial charge is 0.343 e. The Kier molecular flexibility index (Phi) is 3.59. The van der Waals surface area contributed by atoms with Crippen LogP contribution in [0.25, 0.3) is 0 Å². The summed E-state index contributed by atoms with van der Waals surface area (Å²) < 4.78 is 3.36. The van der Waals surface area contributed by atoms with Gasteiger partial charge < -0.3 is 5.32 Å². The van der Waals surface area contributed by atoms with E-state index >= 15 is 0 Å². The van der Waals surface area contributed by atoms with Crippen molar-refractivity contribution < 1.29 is 4.79 Å². The van der Waals surface area contributed by atoms with Crippen molar-refractivity contribution in [3.8, 4) is 0 Å². The Labute approximate surface area is 127 Å². The number of aromatic amines is 1. The number of carbonyl (C=O) groups is 1. The van der Waals surface area contributed by atoms with E-state index in [0.717, 1.165) is 30.1 Å². The first-order chi connectivity index (χ1) is 10.5. The highest BCUT2D eigenvalue weighted by molar-refractivity contribution is 5.96. The Morgan fingerprint density at radius 2 is 2.14 bits per heavy atom. The fraction of sp³-hybridized carbons (Fsp3) is 0.571. The first-order valence-electron chi connectivity index (χ1n) is 7.42. The molecule has 3 rings (SSSR count). The lowest BCUT2D eigenvalue weighted by molar-refractivity contribution is 0.0931. The van der Waals surface area contributed by atoms with E-state index in [9.17, 15) is 9.59 Å². The third-order valence-corrected chi connectivity index (χ3v) is 4.33. The molecule has 1 unspecified atom stereocenters. The second-order valence-corrected chi connectivity index (χ2v) is 5.76. The molecule has 0 spiro atoms. The number of nitrogens with one attached hydrogen (secondary N) is 2. The standard InChI is InChI=1S/C14H20N6O2/c1-8-12(9(2)19(3)18-8)13(21)15-10-4-5-11-16-17-14(22)20(11)7-6-10/h10H,4-7H2,1-3H3,(H,15,21)(H,17,22). The summed E-state index contributed by atoms with van der Waals surface area (Å²) in [5.41, 5.74) is 2.05. The summed E-state index contributed by atoms with van der Waals surface area (Å²) >= 11 is 0. The number of hydrogen-bond donors (Lipinski definition) is 2.